The lowest BCUT2D eigenvalue weighted by atomic mass is 10.1. The second-order valence-corrected chi connectivity index (χ2v) is 3.06. The van der Waals surface area contributed by atoms with Crippen molar-refractivity contribution < 1.29 is 4.79 Å². The molecule has 3 N–H and O–H groups in total. The largest absolute Gasteiger partial charge is 0.368 e. The molecule has 0 saturated carbocycles. The van der Waals surface area contributed by atoms with Crippen LogP contribution in [0.3, 0.4) is 0 Å². The molecule has 0 rings (SSSR count). The number of primary amides is 1. The molecule has 0 fully saturated rings. The average molecular weight is 158 g/mol. The van der Waals surface area contributed by atoms with Crippen molar-refractivity contribution in [2.75, 3.05) is 0 Å². The maximum absolute atomic E-state index is 10.8. The summed E-state index contributed by atoms with van der Waals surface area (Å²) in [6.07, 6.45) is 1.81. The van der Waals surface area contributed by atoms with Crippen LogP contribution in [0, 0.1) is 0 Å². The molecule has 0 bridgehead atoms. The number of amides is 1. The molecule has 3 heteroatoms. The maximum Gasteiger partial charge on any atom is 0.234 e. The van der Waals surface area contributed by atoms with Crippen LogP contribution in [0.1, 0.15) is 33.6 Å². The number of carbonyl (C=O) groups excluding carboxylic acids is 1. The van der Waals surface area contributed by atoms with Crippen molar-refractivity contribution in [3.8, 4) is 0 Å². The van der Waals surface area contributed by atoms with Crippen LogP contribution in [0.15, 0.2) is 0 Å². The summed E-state index contributed by atoms with van der Waals surface area (Å²) in [5.74, 6) is -0.249. The van der Waals surface area contributed by atoms with Gasteiger partial charge < -0.3 is 11.1 Å². The first-order valence-electron chi connectivity index (χ1n) is 4.13. The Morgan fingerprint density at radius 1 is 1.55 bits per heavy atom. The van der Waals surface area contributed by atoms with E-state index in [1.165, 1.54) is 0 Å². The quantitative estimate of drug-likeness (QED) is 0.617. The Labute approximate surface area is 68.3 Å². The average Bonchev–Trinajstić information content (AvgIpc) is 1.86. The minimum atomic E-state index is -0.249. The topological polar surface area (TPSA) is 55.1 Å². The molecular formula is C8H18N2O. The van der Waals surface area contributed by atoms with Crippen molar-refractivity contribution in [3.05, 3.63) is 0 Å². The van der Waals surface area contributed by atoms with Gasteiger partial charge in [-0.05, 0) is 6.42 Å². The van der Waals surface area contributed by atoms with E-state index in [9.17, 15) is 4.79 Å². The second kappa shape index (κ2) is 5.13. The van der Waals surface area contributed by atoms with Crippen LogP contribution in [-0.2, 0) is 4.79 Å². The van der Waals surface area contributed by atoms with Gasteiger partial charge in [0.1, 0.15) is 0 Å². The van der Waals surface area contributed by atoms with Gasteiger partial charge in [0.05, 0.1) is 6.04 Å². The molecule has 0 aromatic heterocycles. The van der Waals surface area contributed by atoms with Crippen LogP contribution in [0.2, 0.25) is 0 Å². The first kappa shape index (κ1) is 10.4. The normalized spacial score (nSPS) is 13.5. The zero-order chi connectivity index (χ0) is 8.85. The van der Waals surface area contributed by atoms with Crippen molar-refractivity contribution in [2.45, 2.75) is 45.7 Å². The zero-order valence-corrected chi connectivity index (χ0v) is 7.55. The molecule has 0 aliphatic heterocycles. The lowest BCUT2D eigenvalue weighted by molar-refractivity contribution is -0.120. The van der Waals surface area contributed by atoms with Gasteiger partial charge in [-0.15, -0.1) is 0 Å². The Morgan fingerprint density at radius 2 is 2.09 bits per heavy atom. The first-order chi connectivity index (χ1) is 5.07. The predicted molar refractivity (Wildman–Crippen MR) is 46.2 cm³/mol. The van der Waals surface area contributed by atoms with E-state index in [1.807, 2.05) is 20.8 Å². The standard InChI is InChI=1S/C8H18N2O/c1-4-5-7(8(9)11)10-6(2)3/h6-7,10H,4-5H2,1-3H3,(H2,9,11)/t7-/m0/s1. The fourth-order valence-corrected chi connectivity index (χ4v) is 0.999. The molecule has 11 heavy (non-hydrogen) atoms. The molecule has 3 nitrogen and oxygen atoms in total. The summed E-state index contributed by atoms with van der Waals surface area (Å²) >= 11 is 0. The van der Waals surface area contributed by atoms with E-state index >= 15 is 0 Å². The Morgan fingerprint density at radius 3 is 2.36 bits per heavy atom. The highest BCUT2D eigenvalue weighted by molar-refractivity contribution is 5.79. The van der Waals surface area contributed by atoms with Gasteiger partial charge in [-0.1, -0.05) is 27.2 Å². The number of nitrogens with one attached hydrogen (secondary N) is 1. The molecule has 66 valence electrons. The second-order valence-electron chi connectivity index (χ2n) is 3.06. The monoisotopic (exact) mass is 158 g/mol. The molecule has 0 heterocycles. The molecule has 0 radical (unpaired) electrons. The van der Waals surface area contributed by atoms with Crippen molar-refractivity contribution in [1.29, 1.82) is 0 Å². The van der Waals surface area contributed by atoms with E-state index in [-0.39, 0.29) is 11.9 Å². The van der Waals surface area contributed by atoms with Gasteiger partial charge in [0.15, 0.2) is 0 Å². The highest BCUT2D eigenvalue weighted by atomic mass is 16.1. The summed E-state index contributed by atoms with van der Waals surface area (Å²) in [5.41, 5.74) is 5.17. The molecule has 0 aromatic carbocycles. The van der Waals surface area contributed by atoms with Gasteiger partial charge >= 0.3 is 0 Å². The Hall–Kier alpha value is -0.570. The van der Waals surface area contributed by atoms with Crippen LogP contribution >= 0.6 is 0 Å². The van der Waals surface area contributed by atoms with E-state index < -0.39 is 0 Å². The van der Waals surface area contributed by atoms with Crippen molar-refractivity contribution in [3.63, 3.8) is 0 Å². The van der Waals surface area contributed by atoms with Crippen LogP contribution in [0.4, 0.5) is 0 Å². The Bertz CT molecular complexity index is 123. The molecule has 0 unspecified atom stereocenters. The van der Waals surface area contributed by atoms with E-state index in [0.717, 1.165) is 12.8 Å². The lowest BCUT2D eigenvalue weighted by Gasteiger charge is -2.16. The van der Waals surface area contributed by atoms with Gasteiger partial charge in [0.2, 0.25) is 5.91 Å². The number of nitrogens with two attached hydrogens (primary N) is 1. The first-order valence-corrected chi connectivity index (χ1v) is 4.13. The number of hydrogen-bond acceptors (Lipinski definition) is 2. The molecule has 0 spiro atoms. The maximum atomic E-state index is 10.8. The van der Waals surface area contributed by atoms with E-state index in [0.29, 0.717) is 6.04 Å². The summed E-state index contributed by atoms with van der Waals surface area (Å²) in [5, 5.41) is 3.11. The molecule has 0 aromatic rings. The molecule has 0 aliphatic rings. The summed E-state index contributed by atoms with van der Waals surface area (Å²) < 4.78 is 0. The number of hydrogen-bond donors (Lipinski definition) is 2. The summed E-state index contributed by atoms with van der Waals surface area (Å²) in [6.45, 7) is 6.05. The molecule has 0 aliphatic carbocycles. The highest BCUT2D eigenvalue weighted by Gasteiger charge is 2.13. The van der Waals surface area contributed by atoms with Gasteiger partial charge in [-0.2, -0.15) is 0 Å². The van der Waals surface area contributed by atoms with Crippen LogP contribution < -0.4 is 11.1 Å². The Balaban J connectivity index is 3.79. The minimum Gasteiger partial charge on any atom is -0.368 e. The predicted octanol–water partition coefficient (Wildman–Crippen LogP) is 0.638. The van der Waals surface area contributed by atoms with Crippen LogP contribution in [0.25, 0.3) is 0 Å². The van der Waals surface area contributed by atoms with E-state index in [2.05, 4.69) is 5.32 Å². The van der Waals surface area contributed by atoms with Gasteiger partial charge in [0.25, 0.3) is 0 Å². The van der Waals surface area contributed by atoms with Crippen LogP contribution in [-0.4, -0.2) is 18.0 Å². The fraction of sp³-hybridized carbons (Fsp3) is 0.875. The van der Waals surface area contributed by atoms with Crippen molar-refractivity contribution >= 4 is 5.91 Å². The summed E-state index contributed by atoms with van der Waals surface area (Å²) in [6, 6.07) is 0.166. The number of rotatable bonds is 5. The Kier molecular flexibility index (Phi) is 4.86. The summed E-state index contributed by atoms with van der Waals surface area (Å²) in [7, 11) is 0. The molecule has 0 saturated heterocycles. The molecule has 1 amide bonds. The van der Waals surface area contributed by atoms with Gasteiger partial charge in [0, 0.05) is 6.04 Å². The van der Waals surface area contributed by atoms with Gasteiger partial charge in [-0.3, -0.25) is 4.79 Å². The zero-order valence-electron chi connectivity index (χ0n) is 7.55. The minimum absolute atomic E-state index is 0.153. The number of carbonyl (C=O) groups is 1. The van der Waals surface area contributed by atoms with Crippen molar-refractivity contribution in [2.24, 2.45) is 5.73 Å². The highest BCUT2D eigenvalue weighted by Crippen LogP contribution is 1.96. The fourth-order valence-electron chi connectivity index (χ4n) is 0.999. The smallest absolute Gasteiger partial charge is 0.234 e. The third-order valence-corrected chi connectivity index (χ3v) is 1.46. The van der Waals surface area contributed by atoms with Gasteiger partial charge in [-0.25, -0.2) is 0 Å². The van der Waals surface area contributed by atoms with E-state index in [4.69, 9.17) is 5.73 Å². The van der Waals surface area contributed by atoms with E-state index in [1.54, 1.807) is 0 Å². The lowest BCUT2D eigenvalue weighted by Crippen LogP contribution is -2.44. The third-order valence-electron chi connectivity index (χ3n) is 1.46. The molecule has 1 atom stereocenters. The van der Waals surface area contributed by atoms with Crippen LogP contribution in [0.5, 0.6) is 0 Å². The third kappa shape index (κ3) is 4.79. The summed E-state index contributed by atoms with van der Waals surface area (Å²) in [4.78, 5) is 10.8. The molecular weight excluding hydrogens is 140 g/mol. The SMILES string of the molecule is CCC[C@H](NC(C)C)C(N)=O. The van der Waals surface area contributed by atoms with Crippen molar-refractivity contribution in [1.82, 2.24) is 5.32 Å².